The third-order valence-electron chi connectivity index (χ3n) is 5.86. The van der Waals surface area contributed by atoms with Gasteiger partial charge in [0.05, 0.1) is 5.52 Å². The minimum absolute atomic E-state index is 0.535. The van der Waals surface area contributed by atoms with E-state index in [2.05, 4.69) is 56.5 Å². The lowest BCUT2D eigenvalue weighted by atomic mass is 10.1. The highest BCUT2D eigenvalue weighted by Gasteiger charge is 2.24. The van der Waals surface area contributed by atoms with Gasteiger partial charge in [-0.05, 0) is 54.8 Å². The van der Waals surface area contributed by atoms with Gasteiger partial charge in [-0.15, -0.1) is 10.2 Å². The van der Waals surface area contributed by atoms with E-state index in [1.165, 1.54) is 18.5 Å². The lowest BCUT2D eigenvalue weighted by Crippen LogP contribution is -2.13. The molecule has 0 bridgehead atoms. The van der Waals surface area contributed by atoms with Crippen LogP contribution >= 0.6 is 11.6 Å². The van der Waals surface area contributed by atoms with Crippen LogP contribution < -0.4 is 4.90 Å². The SMILES string of the molecule is CN(c1cccc(-c2ccc(C3CC3)nc2)c1)c1nc2nncn2c2cc(Cl)ccc12. The first-order valence-corrected chi connectivity index (χ1v) is 10.6. The van der Waals surface area contributed by atoms with Gasteiger partial charge in [-0.3, -0.25) is 9.38 Å². The van der Waals surface area contributed by atoms with Crippen LogP contribution in [0.15, 0.2) is 67.1 Å². The monoisotopic (exact) mass is 426 g/mol. The van der Waals surface area contributed by atoms with Gasteiger partial charge in [0.25, 0.3) is 5.78 Å². The van der Waals surface area contributed by atoms with Gasteiger partial charge in [0.2, 0.25) is 0 Å². The average Bonchev–Trinajstić information content (AvgIpc) is 3.55. The Morgan fingerprint density at radius 3 is 2.74 bits per heavy atom. The van der Waals surface area contributed by atoms with Crippen molar-refractivity contribution in [1.82, 2.24) is 24.6 Å². The summed E-state index contributed by atoms with van der Waals surface area (Å²) in [5, 5.41) is 9.80. The van der Waals surface area contributed by atoms with Gasteiger partial charge >= 0.3 is 0 Å². The highest BCUT2D eigenvalue weighted by Crippen LogP contribution is 2.39. The third kappa shape index (κ3) is 3.20. The first-order chi connectivity index (χ1) is 15.2. The predicted octanol–water partition coefficient (Wildman–Crippen LogP) is 5.64. The molecular formula is C24H19ClN6. The van der Waals surface area contributed by atoms with E-state index in [1.54, 1.807) is 6.33 Å². The van der Waals surface area contributed by atoms with Crippen molar-refractivity contribution in [3.05, 3.63) is 77.8 Å². The zero-order valence-electron chi connectivity index (χ0n) is 16.9. The van der Waals surface area contributed by atoms with E-state index in [-0.39, 0.29) is 0 Å². The van der Waals surface area contributed by atoms with Gasteiger partial charge in [-0.1, -0.05) is 29.8 Å². The lowest BCUT2D eigenvalue weighted by molar-refractivity contribution is 1.02. The van der Waals surface area contributed by atoms with Gasteiger partial charge in [0, 0.05) is 46.5 Å². The number of hydrogen-bond acceptors (Lipinski definition) is 5. The zero-order valence-corrected chi connectivity index (χ0v) is 17.7. The standard InChI is InChI=1S/C24H19ClN6/c1-30(23-20-9-8-18(25)12-22(20)31-14-27-29-24(31)28-23)19-4-2-3-16(11-19)17-7-10-21(26-13-17)15-5-6-15/h2-4,7-15H,5-6H2,1H3. The molecule has 1 aliphatic rings. The Bertz CT molecular complexity index is 1420. The molecule has 7 heteroatoms. The van der Waals surface area contributed by atoms with Gasteiger partial charge in [0.15, 0.2) is 0 Å². The quantitative estimate of drug-likeness (QED) is 0.372. The van der Waals surface area contributed by atoms with Crippen molar-refractivity contribution in [3.63, 3.8) is 0 Å². The Balaban J connectivity index is 1.43. The second kappa shape index (κ2) is 7.03. The van der Waals surface area contributed by atoms with Gasteiger partial charge in [-0.25, -0.2) is 0 Å². The molecular weight excluding hydrogens is 408 g/mol. The molecule has 0 radical (unpaired) electrons. The molecule has 5 aromatic rings. The average molecular weight is 427 g/mol. The summed E-state index contributed by atoms with van der Waals surface area (Å²) in [5.41, 5.74) is 5.37. The van der Waals surface area contributed by atoms with Crippen molar-refractivity contribution in [2.75, 3.05) is 11.9 Å². The molecule has 0 N–H and O–H groups in total. The molecule has 152 valence electrons. The summed E-state index contributed by atoms with van der Waals surface area (Å²) in [7, 11) is 2.01. The molecule has 0 spiro atoms. The van der Waals surface area contributed by atoms with E-state index < -0.39 is 0 Å². The predicted molar refractivity (Wildman–Crippen MR) is 123 cm³/mol. The number of nitrogens with zero attached hydrogens (tertiary/aromatic N) is 6. The summed E-state index contributed by atoms with van der Waals surface area (Å²) < 4.78 is 1.85. The van der Waals surface area contributed by atoms with Crippen molar-refractivity contribution in [2.45, 2.75) is 18.8 Å². The second-order valence-corrected chi connectivity index (χ2v) is 8.39. The van der Waals surface area contributed by atoms with Crippen LogP contribution in [0.4, 0.5) is 11.5 Å². The topological polar surface area (TPSA) is 59.2 Å². The molecule has 0 amide bonds. The number of benzene rings is 2. The molecule has 31 heavy (non-hydrogen) atoms. The first-order valence-electron chi connectivity index (χ1n) is 10.3. The zero-order chi connectivity index (χ0) is 20.9. The Kier molecular flexibility index (Phi) is 4.14. The van der Waals surface area contributed by atoms with Crippen molar-refractivity contribution in [1.29, 1.82) is 0 Å². The maximum atomic E-state index is 6.26. The molecule has 0 saturated heterocycles. The number of pyridine rings is 1. The fraction of sp³-hybridized carbons (Fsp3) is 0.167. The van der Waals surface area contributed by atoms with E-state index in [0.29, 0.717) is 16.7 Å². The minimum atomic E-state index is 0.535. The Morgan fingerprint density at radius 2 is 1.94 bits per heavy atom. The maximum absolute atomic E-state index is 6.26. The van der Waals surface area contributed by atoms with Crippen LogP contribution in [0.5, 0.6) is 0 Å². The minimum Gasteiger partial charge on any atom is -0.329 e. The van der Waals surface area contributed by atoms with Crippen molar-refractivity contribution in [2.24, 2.45) is 0 Å². The molecule has 1 fully saturated rings. The Morgan fingerprint density at radius 1 is 1.03 bits per heavy atom. The molecule has 2 aromatic carbocycles. The molecule has 0 unspecified atom stereocenters. The molecule has 1 aliphatic carbocycles. The third-order valence-corrected chi connectivity index (χ3v) is 6.10. The summed E-state index contributed by atoms with van der Waals surface area (Å²) in [6.07, 6.45) is 6.15. The first kappa shape index (κ1) is 18.3. The molecule has 6 nitrogen and oxygen atoms in total. The number of rotatable bonds is 4. The Hall–Kier alpha value is -3.51. The maximum Gasteiger partial charge on any atom is 0.257 e. The van der Waals surface area contributed by atoms with Crippen LogP contribution in [0, 0.1) is 0 Å². The van der Waals surface area contributed by atoms with E-state index in [0.717, 1.165) is 33.5 Å². The van der Waals surface area contributed by atoms with Gasteiger partial charge in [-0.2, -0.15) is 4.98 Å². The Labute approximate surface area is 184 Å². The molecule has 6 rings (SSSR count). The normalized spacial score (nSPS) is 13.7. The molecule has 0 atom stereocenters. The van der Waals surface area contributed by atoms with Crippen LogP contribution in [0.25, 0.3) is 27.8 Å². The van der Waals surface area contributed by atoms with Crippen LogP contribution in [0.2, 0.25) is 5.02 Å². The number of fused-ring (bicyclic) bond motifs is 3. The number of anilines is 2. The van der Waals surface area contributed by atoms with Crippen LogP contribution in [0.3, 0.4) is 0 Å². The highest BCUT2D eigenvalue weighted by molar-refractivity contribution is 6.31. The largest absolute Gasteiger partial charge is 0.329 e. The van der Waals surface area contributed by atoms with E-state index >= 15 is 0 Å². The number of halogens is 1. The molecule has 3 aromatic heterocycles. The van der Waals surface area contributed by atoms with Gasteiger partial charge in [0.1, 0.15) is 12.1 Å². The van der Waals surface area contributed by atoms with Crippen molar-refractivity contribution in [3.8, 4) is 11.1 Å². The summed E-state index contributed by atoms with van der Waals surface area (Å²) >= 11 is 6.26. The molecule has 3 heterocycles. The van der Waals surface area contributed by atoms with Crippen LogP contribution in [-0.2, 0) is 0 Å². The molecule has 0 aliphatic heterocycles. The van der Waals surface area contributed by atoms with Crippen LogP contribution in [-0.4, -0.2) is 31.6 Å². The summed E-state index contributed by atoms with van der Waals surface area (Å²) in [6, 6.07) is 18.5. The fourth-order valence-electron chi connectivity index (χ4n) is 3.99. The van der Waals surface area contributed by atoms with Crippen molar-refractivity contribution < 1.29 is 0 Å². The van der Waals surface area contributed by atoms with Crippen molar-refractivity contribution >= 4 is 39.8 Å². The number of hydrogen-bond donors (Lipinski definition) is 0. The van der Waals surface area contributed by atoms with E-state index in [4.69, 9.17) is 16.6 Å². The summed E-state index contributed by atoms with van der Waals surface area (Å²) in [6.45, 7) is 0. The molecule has 1 saturated carbocycles. The summed E-state index contributed by atoms with van der Waals surface area (Å²) in [4.78, 5) is 11.5. The van der Waals surface area contributed by atoms with Crippen LogP contribution in [0.1, 0.15) is 24.5 Å². The van der Waals surface area contributed by atoms with E-state index in [1.807, 2.05) is 35.8 Å². The van der Waals surface area contributed by atoms with Gasteiger partial charge < -0.3 is 4.90 Å². The fourth-order valence-corrected chi connectivity index (χ4v) is 4.16. The van der Waals surface area contributed by atoms with E-state index in [9.17, 15) is 0 Å². The smallest absolute Gasteiger partial charge is 0.257 e. The number of aromatic nitrogens is 5. The lowest BCUT2D eigenvalue weighted by Gasteiger charge is -2.21. The second-order valence-electron chi connectivity index (χ2n) is 7.95. The summed E-state index contributed by atoms with van der Waals surface area (Å²) in [5.74, 6) is 1.99. The highest BCUT2D eigenvalue weighted by atomic mass is 35.5.